The number of hydrogen-bond acceptors (Lipinski definition) is 6. The van der Waals surface area contributed by atoms with Crippen molar-refractivity contribution in [2.45, 2.75) is 19.3 Å². The van der Waals surface area contributed by atoms with E-state index in [0.29, 0.717) is 29.6 Å². The molecule has 1 aliphatic rings. The van der Waals surface area contributed by atoms with Crippen molar-refractivity contribution in [1.29, 1.82) is 0 Å². The van der Waals surface area contributed by atoms with Crippen LogP contribution in [-0.4, -0.2) is 31.0 Å². The number of aromatic nitrogens is 2. The summed E-state index contributed by atoms with van der Waals surface area (Å²) in [5.41, 5.74) is 1.98. The number of benzene rings is 1. The highest BCUT2D eigenvalue weighted by atomic mass is 16.5. The Morgan fingerprint density at radius 2 is 2.05 bits per heavy atom. The topological polar surface area (TPSA) is 66.6 Å². The minimum Gasteiger partial charge on any atom is -0.501 e. The van der Waals surface area contributed by atoms with E-state index in [2.05, 4.69) is 10.1 Å². The van der Waals surface area contributed by atoms with E-state index in [0.717, 1.165) is 30.6 Å². The Morgan fingerprint density at radius 1 is 1.18 bits per heavy atom. The van der Waals surface area contributed by atoms with E-state index in [1.54, 1.807) is 20.5 Å². The van der Waals surface area contributed by atoms with Crippen molar-refractivity contribution in [3.8, 4) is 11.5 Å². The molecule has 1 aliphatic heterocycles. The van der Waals surface area contributed by atoms with Gasteiger partial charge in [0.2, 0.25) is 0 Å². The van der Waals surface area contributed by atoms with Crippen LogP contribution in [0.4, 0.5) is 0 Å². The van der Waals surface area contributed by atoms with Gasteiger partial charge < -0.3 is 18.7 Å². The van der Waals surface area contributed by atoms with Crippen LogP contribution in [0.2, 0.25) is 0 Å². The van der Waals surface area contributed by atoms with Crippen LogP contribution >= 0.6 is 0 Å². The highest BCUT2D eigenvalue weighted by Gasteiger charge is 2.15. The van der Waals surface area contributed by atoms with Gasteiger partial charge in [0.15, 0.2) is 17.3 Å². The van der Waals surface area contributed by atoms with Crippen molar-refractivity contribution in [2.24, 2.45) is 0 Å². The molecule has 0 spiro atoms. The van der Waals surface area contributed by atoms with Crippen LogP contribution in [0.25, 0.3) is 5.57 Å². The molecule has 0 N–H and O–H groups in total. The molecule has 0 aliphatic carbocycles. The molecule has 0 unspecified atom stereocenters. The van der Waals surface area contributed by atoms with Gasteiger partial charge in [-0.3, -0.25) is 0 Å². The summed E-state index contributed by atoms with van der Waals surface area (Å²) in [6.45, 7) is 0.746. The smallest absolute Gasteiger partial charge is 0.256 e. The molecule has 0 radical (unpaired) electrons. The number of hydrogen-bond donors (Lipinski definition) is 0. The fourth-order valence-corrected chi connectivity index (χ4v) is 2.35. The third kappa shape index (κ3) is 3.05. The lowest BCUT2D eigenvalue weighted by molar-refractivity contribution is 0.233. The largest absolute Gasteiger partial charge is 0.501 e. The second-order valence-electron chi connectivity index (χ2n) is 5.00. The van der Waals surface area contributed by atoms with Crippen LogP contribution < -0.4 is 9.47 Å². The van der Waals surface area contributed by atoms with Gasteiger partial charge in [-0.1, -0.05) is 11.2 Å². The number of methoxy groups -OCH3 is 2. The van der Waals surface area contributed by atoms with Crippen molar-refractivity contribution in [1.82, 2.24) is 10.1 Å². The number of nitrogens with zero attached hydrogens (tertiary/aromatic N) is 2. The number of allylic oxidation sites excluding steroid dienone is 1. The molecule has 2 aromatic rings. The van der Waals surface area contributed by atoms with Gasteiger partial charge in [0.1, 0.15) is 0 Å². The zero-order valence-corrected chi connectivity index (χ0v) is 12.7. The Labute approximate surface area is 128 Å². The highest BCUT2D eigenvalue weighted by Crippen LogP contribution is 2.28. The third-order valence-electron chi connectivity index (χ3n) is 3.49. The Hall–Kier alpha value is -2.50. The average Bonchev–Trinajstić information content (AvgIpc) is 3.04. The molecule has 1 aromatic heterocycles. The van der Waals surface area contributed by atoms with Gasteiger partial charge in [-0.15, -0.1) is 0 Å². The molecule has 0 saturated heterocycles. The zero-order chi connectivity index (χ0) is 15.4. The Morgan fingerprint density at radius 3 is 2.77 bits per heavy atom. The van der Waals surface area contributed by atoms with E-state index in [1.807, 2.05) is 18.2 Å². The molecule has 0 atom stereocenters. The third-order valence-corrected chi connectivity index (χ3v) is 3.49. The predicted octanol–water partition coefficient (Wildman–Crippen LogP) is 2.83. The lowest BCUT2D eigenvalue weighted by Crippen LogP contribution is -1.99. The maximum absolute atomic E-state index is 5.31. The summed E-state index contributed by atoms with van der Waals surface area (Å²) < 4.78 is 21.1. The number of ether oxygens (including phenoxy) is 3. The fourth-order valence-electron chi connectivity index (χ4n) is 2.35. The van der Waals surface area contributed by atoms with Crippen LogP contribution in [0.1, 0.15) is 30.1 Å². The summed E-state index contributed by atoms with van der Waals surface area (Å²) in [7, 11) is 3.23. The van der Waals surface area contributed by atoms with Crippen molar-refractivity contribution in [3.63, 3.8) is 0 Å². The first kappa shape index (κ1) is 14.4. The van der Waals surface area contributed by atoms with Crippen molar-refractivity contribution in [2.75, 3.05) is 20.8 Å². The van der Waals surface area contributed by atoms with Crippen molar-refractivity contribution in [3.05, 3.63) is 41.7 Å². The first-order valence-corrected chi connectivity index (χ1v) is 7.14. The summed E-state index contributed by atoms with van der Waals surface area (Å²) in [5, 5.41) is 4.03. The highest BCUT2D eigenvalue weighted by molar-refractivity contribution is 5.57. The van der Waals surface area contributed by atoms with Crippen molar-refractivity contribution >= 4 is 5.57 Å². The van der Waals surface area contributed by atoms with Gasteiger partial charge in [0.05, 0.1) is 32.7 Å². The Bertz CT molecular complexity index is 679. The van der Waals surface area contributed by atoms with E-state index in [4.69, 9.17) is 18.7 Å². The molecule has 6 nitrogen and oxygen atoms in total. The molecule has 0 amide bonds. The van der Waals surface area contributed by atoms with Crippen LogP contribution in [0.5, 0.6) is 11.5 Å². The van der Waals surface area contributed by atoms with Gasteiger partial charge in [-0.2, -0.15) is 4.98 Å². The molecule has 6 heteroatoms. The Kier molecular flexibility index (Phi) is 4.27. The molecule has 2 heterocycles. The molecule has 22 heavy (non-hydrogen) atoms. The summed E-state index contributed by atoms with van der Waals surface area (Å²) in [6.07, 6.45) is 4.15. The molecule has 0 saturated carbocycles. The quantitative estimate of drug-likeness (QED) is 0.846. The predicted molar refractivity (Wildman–Crippen MR) is 79.8 cm³/mol. The molecule has 0 bridgehead atoms. The fraction of sp³-hybridized carbons (Fsp3) is 0.375. The summed E-state index contributed by atoms with van der Waals surface area (Å²) in [5.74, 6) is 2.56. The van der Waals surface area contributed by atoms with Crippen LogP contribution in [0.3, 0.4) is 0 Å². The molecule has 0 fully saturated rings. The maximum atomic E-state index is 5.31. The van der Waals surface area contributed by atoms with E-state index >= 15 is 0 Å². The average molecular weight is 302 g/mol. The van der Waals surface area contributed by atoms with E-state index in [9.17, 15) is 0 Å². The summed E-state index contributed by atoms with van der Waals surface area (Å²) in [4.78, 5) is 4.43. The standard InChI is InChI=1S/C16H18N2O4/c1-19-13-6-5-11(8-14(13)20-2)9-15-17-16(22-18-15)12-4-3-7-21-10-12/h5-6,8,10H,3-4,7,9H2,1-2H3. The van der Waals surface area contributed by atoms with Crippen molar-refractivity contribution < 1.29 is 18.7 Å². The molecule has 3 rings (SSSR count). The second kappa shape index (κ2) is 6.51. The summed E-state index contributed by atoms with van der Waals surface area (Å²) in [6, 6.07) is 5.74. The lowest BCUT2D eigenvalue weighted by Gasteiger charge is -2.09. The first-order chi connectivity index (χ1) is 10.8. The monoisotopic (exact) mass is 302 g/mol. The van der Waals surface area contributed by atoms with Crippen LogP contribution in [0.15, 0.2) is 29.0 Å². The van der Waals surface area contributed by atoms with E-state index in [-0.39, 0.29) is 0 Å². The van der Waals surface area contributed by atoms with Gasteiger partial charge in [-0.05, 0) is 30.5 Å². The van der Waals surface area contributed by atoms with Gasteiger partial charge in [0.25, 0.3) is 5.89 Å². The minimum atomic E-state index is 0.537. The maximum Gasteiger partial charge on any atom is 0.256 e. The molecule has 1 aromatic carbocycles. The first-order valence-electron chi connectivity index (χ1n) is 7.14. The zero-order valence-electron chi connectivity index (χ0n) is 12.7. The van der Waals surface area contributed by atoms with Gasteiger partial charge >= 0.3 is 0 Å². The normalized spacial score (nSPS) is 14.2. The SMILES string of the molecule is COc1ccc(Cc2noc(C3=COCCC3)n2)cc1OC. The van der Waals surface area contributed by atoms with Crippen LogP contribution in [-0.2, 0) is 11.2 Å². The van der Waals surface area contributed by atoms with Gasteiger partial charge in [-0.25, -0.2) is 0 Å². The lowest BCUT2D eigenvalue weighted by atomic mass is 10.1. The Balaban J connectivity index is 1.76. The summed E-state index contributed by atoms with van der Waals surface area (Å²) >= 11 is 0. The minimum absolute atomic E-state index is 0.537. The van der Waals surface area contributed by atoms with Gasteiger partial charge in [0, 0.05) is 6.42 Å². The molecular formula is C16H18N2O4. The molecule has 116 valence electrons. The number of rotatable bonds is 5. The van der Waals surface area contributed by atoms with E-state index in [1.165, 1.54) is 0 Å². The van der Waals surface area contributed by atoms with Crippen LogP contribution in [0, 0.1) is 0 Å². The second-order valence-corrected chi connectivity index (χ2v) is 5.00. The van der Waals surface area contributed by atoms with E-state index < -0.39 is 0 Å². The molecular weight excluding hydrogens is 284 g/mol.